The van der Waals surface area contributed by atoms with E-state index in [0.717, 1.165) is 6.07 Å². The molecule has 1 N–H and O–H groups in total. The molecule has 7 nitrogen and oxygen atoms in total. The molecule has 0 radical (unpaired) electrons. The molecular formula is C10H14N2O5S2. The van der Waals surface area contributed by atoms with Crippen molar-refractivity contribution in [2.75, 3.05) is 24.6 Å². The topological polar surface area (TPSA) is 96.7 Å². The average molecular weight is 306 g/mol. The van der Waals surface area contributed by atoms with Gasteiger partial charge in [0.2, 0.25) is 10.0 Å². The van der Waals surface area contributed by atoms with Gasteiger partial charge in [-0.3, -0.25) is 4.21 Å². The van der Waals surface area contributed by atoms with Crippen LogP contribution in [-0.4, -0.2) is 57.2 Å². The van der Waals surface area contributed by atoms with Gasteiger partial charge in [0.05, 0.1) is 0 Å². The van der Waals surface area contributed by atoms with Crippen LogP contribution in [0.25, 0.3) is 0 Å². The fourth-order valence-corrected chi connectivity index (χ4v) is 4.70. The number of carbonyl (C=O) groups is 1. The zero-order chi connectivity index (χ0) is 14.2. The van der Waals surface area contributed by atoms with Crippen molar-refractivity contribution in [1.82, 2.24) is 8.87 Å². The number of sulfonamides is 1. The summed E-state index contributed by atoms with van der Waals surface area (Å²) in [6.07, 6.45) is 1.28. The molecule has 9 heteroatoms. The van der Waals surface area contributed by atoms with Crippen molar-refractivity contribution in [1.29, 1.82) is 0 Å². The summed E-state index contributed by atoms with van der Waals surface area (Å²) >= 11 is 0. The van der Waals surface area contributed by atoms with E-state index in [0.29, 0.717) is 11.5 Å². The molecule has 1 aliphatic rings. The molecule has 0 saturated carbocycles. The number of carboxylic acid groups (broad SMARTS) is 1. The Bertz CT molecular complexity index is 624. The molecule has 1 aromatic rings. The van der Waals surface area contributed by atoms with E-state index < -0.39 is 26.8 Å². The summed E-state index contributed by atoms with van der Waals surface area (Å²) in [7, 11) is -3.19. The molecular weight excluding hydrogens is 292 g/mol. The molecule has 1 aromatic heterocycles. The Morgan fingerprint density at radius 3 is 2.42 bits per heavy atom. The maximum absolute atomic E-state index is 12.3. The Kier molecular flexibility index (Phi) is 3.79. The molecule has 2 rings (SSSR count). The van der Waals surface area contributed by atoms with Gasteiger partial charge >= 0.3 is 5.97 Å². The van der Waals surface area contributed by atoms with E-state index in [1.54, 1.807) is 0 Å². The van der Waals surface area contributed by atoms with Gasteiger partial charge in [-0.15, -0.1) is 0 Å². The zero-order valence-electron chi connectivity index (χ0n) is 10.3. The fourth-order valence-electron chi connectivity index (χ4n) is 1.90. The van der Waals surface area contributed by atoms with Gasteiger partial charge in [-0.1, -0.05) is 0 Å². The highest BCUT2D eigenvalue weighted by Crippen LogP contribution is 2.20. The molecule has 0 aliphatic carbocycles. The van der Waals surface area contributed by atoms with Gasteiger partial charge in [0.1, 0.15) is 10.6 Å². The SMILES string of the molecule is Cn1cc(S(=O)(=O)N2CCS(=O)CC2)cc1C(=O)O. The summed E-state index contributed by atoms with van der Waals surface area (Å²) in [5, 5.41) is 8.92. The second kappa shape index (κ2) is 5.06. The monoisotopic (exact) mass is 306 g/mol. The van der Waals surface area contributed by atoms with E-state index in [2.05, 4.69) is 0 Å². The highest BCUT2D eigenvalue weighted by molar-refractivity contribution is 7.89. The number of nitrogens with zero attached hydrogens (tertiary/aromatic N) is 2. The van der Waals surface area contributed by atoms with Crippen molar-refractivity contribution >= 4 is 26.8 Å². The van der Waals surface area contributed by atoms with Crippen LogP contribution in [-0.2, 0) is 27.9 Å². The summed E-state index contributed by atoms with van der Waals surface area (Å²) in [6.45, 7) is 0.401. The van der Waals surface area contributed by atoms with Crippen LogP contribution in [0, 0.1) is 0 Å². The minimum absolute atomic E-state index is 0.0416. The number of aromatic carboxylic acids is 1. The Morgan fingerprint density at radius 1 is 1.37 bits per heavy atom. The van der Waals surface area contributed by atoms with Gasteiger partial charge in [0, 0.05) is 48.6 Å². The first-order chi connectivity index (χ1) is 8.82. The summed E-state index contributed by atoms with van der Waals surface area (Å²) in [6, 6.07) is 1.14. The normalized spacial score (nSPS) is 18.6. The van der Waals surface area contributed by atoms with E-state index in [9.17, 15) is 17.4 Å². The zero-order valence-corrected chi connectivity index (χ0v) is 11.9. The number of aryl methyl sites for hydroxylation is 1. The quantitative estimate of drug-likeness (QED) is 0.810. The molecule has 1 aliphatic heterocycles. The van der Waals surface area contributed by atoms with Gasteiger partial charge in [-0.05, 0) is 6.07 Å². The summed E-state index contributed by atoms with van der Waals surface area (Å²) < 4.78 is 38.3. The maximum Gasteiger partial charge on any atom is 0.352 e. The van der Waals surface area contributed by atoms with Crippen molar-refractivity contribution in [3.63, 3.8) is 0 Å². The lowest BCUT2D eigenvalue weighted by molar-refractivity contribution is 0.0686. The molecule has 19 heavy (non-hydrogen) atoms. The van der Waals surface area contributed by atoms with Crippen LogP contribution >= 0.6 is 0 Å². The summed E-state index contributed by atoms with van der Waals surface area (Å²) in [4.78, 5) is 10.9. The summed E-state index contributed by atoms with van der Waals surface area (Å²) in [5.41, 5.74) is -0.0841. The molecule has 0 bridgehead atoms. The van der Waals surface area contributed by atoms with Crippen molar-refractivity contribution in [2.24, 2.45) is 7.05 Å². The predicted octanol–water partition coefficient (Wildman–Crippen LogP) is -0.524. The smallest absolute Gasteiger partial charge is 0.352 e. The Morgan fingerprint density at radius 2 is 1.95 bits per heavy atom. The highest BCUT2D eigenvalue weighted by Gasteiger charge is 2.30. The van der Waals surface area contributed by atoms with Crippen molar-refractivity contribution < 1.29 is 22.5 Å². The molecule has 0 amide bonds. The first-order valence-electron chi connectivity index (χ1n) is 5.57. The molecule has 0 atom stereocenters. The number of carboxylic acids is 1. The molecule has 1 fully saturated rings. The molecule has 0 unspecified atom stereocenters. The molecule has 106 valence electrons. The molecule has 0 aromatic carbocycles. The second-order valence-corrected chi connectivity index (χ2v) is 7.86. The standard InChI is InChI=1S/C10H14N2O5S2/c1-11-7-8(6-9(11)10(13)14)19(16,17)12-2-4-18(15)5-3-12/h6-7H,2-5H2,1H3,(H,13,14). The van der Waals surface area contributed by atoms with Gasteiger partial charge in [0.15, 0.2) is 0 Å². The lowest BCUT2D eigenvalue weighted by atomic mass is 10.4. The second-order valence-electron chi connectivity index (χ2n) is 4.23. The lowest BCUT2D eigenvalue weighted by Gasteiger charge is -2.24. The van der Waals surface area contributed by atoms with Gasteiger partial charge in [-0.25, -0.2) is 13.2 Å². The third-order valence-corrected chi connectivity index (χ3v) is 6.11. The number of hydrogen-bond acceptors (Lipinski definition) is 4. The van der Waals surface area contributed by atoms with Crippen LogP contribution in [0.4, 0.5) is 0 Å². The Labute approximate surface area is 113 Å². The van der Waals surface area contributed by atoms with Crippen molar-refractivity contribution in [3.8, 4) is 0 Å². The van der Waals surface area contributed by atoms with E-state index >= 15 is 0 Å². The highest BCUT2D eigenvalue weighted by atomic mass is 32.2. The van der Waals surface area contributed by atoms with E-state index in [-0.39, 0.29) is 23.7 Å². The fraction of sp³-hybridized carbons (Fsp3) is 0.500. The predicted molar refractivity (Wildman–Crippen MR) is 69.0 cm³/mol. The lowest BCUT2D eigenvalue weighted by Crippen LogP contribution is -2.41. The van der Waals surface area contributed by atoms with Crippen LogP contribution in [0.3, 0.4) is 0 Å². The number of aromatic nitrogens is 1. The third kappa shape index (κ3) is 2.72. The van der Waals surface area contributed by atoms with Gasteiger partial charge < -0.3 is 9.67 Å². The summed E-state index contributed by atoms with van der Waals surface area (Å²) in [5.74, 6) is -0.543. The van der Waals surface area contributed by atoms with Crippen molar-refractivity contribution in [3.05, 3.63) is 18.0 Å². The minimum Gasteiger partial charge on any atom is -0.477 e. The average Bonchev–Trinajstić information content (AvgIpc) is 2.72. The maximum atomic E-state index is 12.3. The van der Waals surface area contributed by atoms with E-state index in [1.807, 2.05) is 0 Å². The molecule has 2 heterocycles. The largest absolute Gasteiger partial charge is 0.477 e. The Hall–Kier alpha value is -1.19. The molecule has 1 saturated heterocycles. The van der Waals surface area contributed by atoms with Crippen LogP contribution < -0.4 is 0 Å². The van der Waals surface area contributed by atoms with E-state index in [4.69, 9.17) is 5.11 Å². The molecule has 0 spiro atoms. The number of hydrogen-bond donors (Lipinski definition) is 1. The number of rotatable bonds is 3. The van der Waals surface area contributed by atoms with Crippen LogP contribution in [0.15, 0.2) is 17.2 Å². The van der Waals surface area contributed by atoms with Crippen LogP contribution in [0.1, 0.15) is 10.5 Å². The van der Waals surface area contributed by atoms with Crippen LogP contribution in [0.5, 0.6) is 0 Å². The van der Waals surface area contributed by atoms with Gasteiger partial charge in [0.25, 0.3) is 0 Å². The van der Waals surface area contributed by atoms with Crippen LogP contribution in [0.2, 0.25) is 0 Å². The van der Waals surface area contributed by atoms with Crippen molar-refractivity contribution in [2.45, 2.75) is 4.90 Å². The third-order valence-electron chi connectivity index (χ3n) is 2.97. The van der Waals surface area contributed by atoms with Gasteiger partial charge in [-0.2, -0.15) is 4.31 Å². The first kappa shape index (κ1) is 14.2. The minimum atomic E-state index is -3.71. The van der Waals surface area contributed by atoms with E-state index in [1.165, 1.54) is 22.1 Å². The first-order valence-corrected chi connectivity index (χ1v) is 8.50. The Balaban J connectivity index is 2.32.